The van der Waals surface area contributed by atoms with E-state index in [-0.39, 0.29) is 17.3 Å². The average Bonchev–Trinajstić information content (AvgIpc) is 2.98. The third-order valence-electron chi connectivity index (χ3n) is 5.78. The molecule has 5 rings (SSSR count). The van der Waals surface area contributed by atoms with Crippen molar-refractivity contribution in [2.45, 2.75) is 4.90 Å². The number of carbonyl (C=O) groups excluding carboxylic acids is 1. The minimum atomic E-state index is -3.73. The number of benzene rings is 3. The zero-order valence-electron chi connectivity index (χ0n) is 16.2. The smallest absolute Gasteiger partial charge is 0.265 e. The molecule has 0 saturated carbocycles. The van der Waals surface area contributed by atoms with Gasteiger partial charge in [-0.3, -0.25) is 9.10 Å². The molecule has 0 N–H and O–H groups in total. The second-order valence-corrected chi connectivity index (χ2v) is 9.75. The minimum absolute atomic E-state index is 0.181. The van der Waals surface area contributed by atoms with E-state index >= 15 is 0 Å². The Bertz CT molecular complexity index is 1230. The zero-order chi connectivity index (χ0) is 20.9. The van der Waals surface area contributed by atoms with Crippen LogP contribution < -0.4 is 9.21 Å². The lowest BCUT2D eigenvalue weighted by Gasteiger charge is -2.36. The van der Waals surface area contributed by atoms with Gasteiger partial charge in [-0.15, -0.1) is 0 Å². The molecule has 0 aliphatic carbocycles. The molecule has 1 amide bonds. The van der Waals surface area contributed by atoms with Crippen molar-refractivity contribution in [2.24, 2.45) is 0 Å². The highest BCUT2D eigenvalue weighted by molar-refractivity contribution is 7.93. The first-order chi connectivity index (χ1) is 14.4. The van der Waals surface area contributed by atoms with Crippen LogP contribution in [-0.2, 0) is 14.8 Å². The second kappa shape index (κ2) is 7.18. The summed E-state index contributed by atoms with van der Waals surface area (Å²) < 4.78 is 27.4. The molecule has 8 heteroatoms. The Balaban J connectivity index is 1.32. The summed E-state index contributed by atoms with van der Waals surface area (Å²) in [5.74, 6) is -0.181. The van der Waals surface area contributed by atoms with Gasteiger partial charge in [0.25, 0.3) is 10.0 Å². The zero-order valence-corrected chi connectivity index (χ0v) is 17.7. The Morgan fingerprint density at radius 3 is 2.27 bits per heavy atom. The number of anilines is 2. The highest BCUT2D eigenvalue weighted by Crippen LogP contribution is 2.41. The lowest BCUT2D eigenvalue weighted by atomic mass is 10.1. The summed E-state index contributed by atoms with van der Waals surface area (Å²) in [4.78, 5) is 17.2. The van der Waals surface area contributed by atoms with Gasteiger partial charge in [-0.25, -0.2) is 8.42 Å². The molecule has 0 radical (unpaired) electrons. The van der Waals surface area contributed by atoms with E-state index in [9.17, 15) is 13.2 Å². The lowest BCUT2D eigenvalue weighted by Crippen LogP contribution is -2.51. The van der Waals surface area contributed by atoms with Gasteiger partial charge in [0, 0.05) is 42.3 Å². The van der Waals surface area contributed by atoms with Crippen molar-refractivity contribution < 1.29 is 13.2 Å². The quantitative estimate of drug-likeness (QED) is 0.625. The van der Waals surface area contributed by atoms with Crippen molar-refractivity contribution in [1.82, 2.24) is 4.90 Å². The van der Waals surface area contributed by atoms with Gasteiger partial charge in [0.05, 0.1) is 10.6 Å². The van der Waals surface area contributed by atoms with Crippen molar-refractivity contribution in [3.05, 3.63) is 65.7 Å². The second-order valence-electron chi connectivity index (χ2n) is 7.49. The van der Waals surface area contributed by atoms with E-state index < -0.39 is 10.0 Å². The van der Waals surface area contributed by atoms with Gasteiger partial charge in [-0.05, 0) is 41.8 Å². The molecular formula is C22H20ClN3O3S. The van der Waals surface area contributed by atoms with E-state index in [4.69, 9.17) is 11.6 Å². The number of hydrogen-bond donors (Lipinski definition) is 0. The van der Waals surface area contributed by atoms with Gasteiger partial charge in [0.2, 0.25) is 5.91 Å². The van der Waals surface area contributed by atoms with Gasteiger partial charge in [-0.1, -0.05) is 35.9 Å². The highest BCUT2D eigenvalue weighted by atomic mass is 35.5. The monoisotopic (exact) mass is 441 g/mol. The predicted molar refractivity (Wildman–Crippen MR) is 119 cm³/mol. The lowest BCUT2D eigenvalue weighted by molar-refractivity contribution is -0.129. The van der Waals surface area contributed by atoms with Gasteiger partial charge in [-0.2, -0.15) is 0 Å². The van der Waals surface area contributed by atoms with E-state index in [1.807, 2.05) is 42.5 Å². The molecule has 2 aliphatic heterocycles. The minimum Gasteiger partial charge on any atom is -0.368 e. The maximum absolute atomic E-state index is 13.1. The number of sulfonamides is 1. The SMILES string of the molecule is O=C(CN1c2cccc3cccc(c23)S1(=O)=O)N1CCN(c2ccc(Cl)cc2)CC1. The summed E-state index contributed by atoms with van der Waals surface area (Å²) >= 11 is 5.96. The first-order valence-corrected chi connectivity index (χ1v) is 11.6. The van der Waals surface area contributed by atoms with Crippen LogP contribution in [0, 0.1) is 0 Å². The molecule has 0 atom stereocenters. The Morgan fingerprint density at radius 1 is 0.900 bits per heavy atom. The summed E-state index contributed by atoms with van der Waals surface area (Å²) in [6.45, 7) is 2.29. The molecule has 0 aromatic heterocycles. The largest absolute Gasteiger partial charge is 0.368 e. The van der Waals surface area contributed by atoms with E-state index in [1.165, 1.54) is 4.31 Å². The van der Waals surface area contributed by atoms with E-state index in [0.717, 1.165) is 11.1 Å². The van der Waals surface area contributed by atoms with Crippen molar-refractivity contribution in [3.8, 4) is 0 Å². The van der Waals surface area contributed by atoms with Crippen molar-refractivity contribution in [1.29, 1.82) is 0 Å². The van der Waals surface area contributed by atoms with Crippen LogP contribution >= 0.6 is 11.6 Å². The van der Waals surface area contributed by atoms with Crippen LogP contribution in [0.5, 0.6) is 0 Å². The van der Waals surface area contributed by atoms with Gasteiger partial charge < -0.3 is 9.80 Å². The van der Waals surface area contributed by atoms with Gasteiger partial charge >= 0.3 is 0 Å². The molecule has 0 spiro atoms. The molecule has 6 nitrogen and oxygen atoms in total. The third-order valence-corrected chi connectivity index (χ3v) is 7.84. The summed E-state index contributed by atoms with van der Waals surface area (Å²) in [6.07, 6.45) is 0. The number of rotatable bonds is 3. The number of hydrogen-bond acceptors (Lipinski definition) is 4. The fraction of sp³-hybridized carbons (Fsp3) is 0.227. The molecule has 3 aromatic carbocycles. The number of piperazine rings is 1. The highest BCUT2D eigenvalue weighted by Gasteiger charge is 2.37. The Kier molecular flexibility index (Phi) is 4.60. The van der Waals surface area contributed by atoms with Crippen molar-refractivity contribution in [3.63, 3.8) is 0 Å². The summed E-state index contributed by atoms with van der Waals surface area (Å²) in [6, 6.07) is 18.3. The molecule has 30 heavy (non-hydrogen) atoms. The first-order valence-electron chi connectivity index (χ1n) is 9.78. The van der Waals surface area contributed by atoms with Gasteiger partial charge in [0.1, 0.15) is 6.54 Å². The topological polar surface area (TPSA) is 60.9 Å². The predicted octanol–water partition coefficient (Wildman–Crippen LogP) is 3.35. The summed E-state index contributed by atoms with van der Waals surface area (Å²) in [5, 5.41) is 2.25. The van der Waals surface area contributed by atoms with Crippen LogP contribution in [0.4, 0.5) is 11.4 Å². The number of halogens is 1. The van der Waals surface area contributed by atoms with Crippen LogP contribution in [-0.4, -0.2) is 51.9 Å². The molecule has 1 fully saturated rings. The standard InChI is InChI=1S/C22H20ClN3O3S/c23-17-7-9-18(10-8-17)24-11-13-25(14-12-24)21(27)15-26-19-5-1-3-16-4-2-6-20(22(16)19)30(26,28)29/h1-10H,11-15H2. The van der Waals surface area contributed by atoms with Crippen molar-refractivity contribution in [2.75, 3.05) is 41.9 Å². The normalized spacial score (nSPS) is 17.6. The molecule has 154 valence electrons. The Morgan fingerprint density at radius 2 is 1.57 bits per heavy atom. The molecule has 0 unspecified atom stereocenters. The maximum atomic E-state index is 13.1. The molecule has 1 saturated heterocycles. The molecule has 2 heterocycles. The first kappa shape index (κ1) is 19.2. The van der Waals surface area contributed by atoms with Crippen LogP contribution in [0.1, 0.15) is 0 Å². The Labute approximate surface area is 180 Å². The number of amides is 1. The van der Waals surface area contributed by atoms with E-state index in [1.54, 1.807) is 23.1 Å². The average molecular weight is 442 g/mol. The van der Waals surface area contributed by atoms with Crippen LogP contribution in [0.25, 0.3) is 10.8 Å². The van der Waals surface area contributed by atoms with Crippen LogP contribution in [0.3, 0.4) is 0 Å². The van der Waals surface area contributed by atoms with Gasteiger partial charge in [0.15, 0.2) is 0 Å². The van der Waals surface area contributed by atoms with E-state index in [2.05, 4.69) is 4.90 Å². The molecule has 0 bridgehead atoms. The fourth-order valence-corrected chi connectivity index (χ4v) is 6.00. The summed E-state index contributed by atoms with van der Waals surface area (Å²) in [7, 11) is -3.73. The molecule has 3 aromatic rings. The maximum Gasteiger partial charge on any atom is 0.265 e. The van der Waals surface area contributed by atoms with E-state index in [0.29, 0.717) is 42.3 Å². The molecule has 2 aliphatic rings. The van der Waals surface area contributed by atoms with Crippen molar-refractivity contribution >= 4 is 49.7 Å². The van der Waals surface area contributed by atoms with Crippen LogP contribution in [0.2, 0.25) is 5.02 Å². The third kappa shape index (κ3) is 3.09. The number of carbonyl (C=O) groups is 1. The Hall–Kier alpha value is -2.77. The fourth-order valence-electron chi connectivity index (χ4n) is 4.22. The van der Waals surface area contributed by atoms with Crippen LogP contribution in [0.15, 0.2) is 65.6 Å². The number of nitrogens with zero attached hydrogens (tertiary/aromatic N) is 3. The summed E-state index contributed by atoms with van der Waals surface area (Å²) in [5.41, 5.74) is 1.65. The molecular weight excluding hydrogens is 422 g/mol.